The zero-order valence-corrected chi connectivity index (χ0v) is 15.6. The Morgan fingerprint density at radius 3 is 2.67 bits per heavy atom. The minimum atomic E-state index is -0.235. The highest BCUT2D eigenvalue weighted by atomic mass is 35.5. The molecule has 2 unspecified atom stereocenters. The molecule has 0 saturated carbocycles. The monoisotopic (exact) mass is 365 g/mol. The van der Waals surface area contributed by atoms with E-state index in [2.05, 4.69) is 33.7 Å². The topological polar surface area (TPSA) is 54.3 Å². The Balaban J connectivity index is 1.50. The average Bonchev–Trinajstić information content (AvgIpc) is 2.88. The summed E-state index contributed by atoms with van der Waals surface area (Å²) >= 11 is 8.04. The summed E-state index contributed by atoms with van der Waals surface area (Å²) in [5.41, 5.74) is 1.68. The fraction of sp³-hybridized carbons (Fsp3) is 0.562. The maximum Gasteiger partial charge on any atom is 0.287 e. The third-order valence-corrected chi connectivity index (χ3v) is 6.48. The summed E-state index contributed by atoms with van der Waals surface area (Å²) in [4.78, 5) is 22.6. The van der Waals surface area contributed by atoms with Gasteiger partial charge in [0.2, 0.25) is 0 Å². The number of nitrogens with zero attached hydrogens (tertiary/aromatic N) is 5. The molecule has 3 saturated heterocycles. The fourth-order valence-corrected chi connectivity index (χ4v) is 4.99. The van der Waals surface area contributed by atoms with Crippen LogP contribution in [0.2, 0.25) is 5.02 Å². The Hall–Kier alpha value is -1.44. The molecule has 2 bridgehead atoms. The SMILES string of the molecule is Cc1nc(C)c(CN2C3CC2CN(c2cnn(C)c(=O)c2Cl)C3)s1. The zero-order chi connectivity index (χ0) is 17.0. The Morgan fingerprint density at radius 2 is 2.04 bits per heavy atom. The van der Waals surface area contributed by atoms with Gasteiger partial charge in [0, 0.05) is 43.6 Å². The lowest BCUT2D eigenvalue weighted by Crippen LogP contribution is -2.68. The third-order valence-electron chi connectivity index (χ3n) is 5.07. The summed E-state index contributed by atoms with van der Waals surface area (Å²) in [7, 11) is 1.62. The van der Waals surface area contributed by atoms with E-state index in [4.69, 9.17) is 11.6 Å². The lowest BCUT2D eigenvalue weighted by molar-refractivity contribution is -0.00778. The maximum atomic E-state index is 12.0. The number of aromatic nitrogens is 3. The first-order valence-corrected chi connectivity index (χ1v) is 9.29. The molecule has 5 heterocycles. The van der Waals surface area contributed by atoms with Crippen molar-refractivity contribution in [3.8, 4) is 0 Å². The van der Waals surface area contributed by atoms with E-state index < -0.39 is 0 Å². The van der Waals surface area contributed by atoms with Gasteiger partial charge >= 0.3 is 0 Å². The van der Waals surface area contributed by atoms with Gasteiger partial charge in [-0.05, 0) is 20.3 Å². The number of piperidine rings is 1. The van der Waals surface area contributed by atoms with Crippen molar-refractivity contribution in [2.75, 3.05) is 18.0 Å². The quantitative estimate of drug-likeness (QED) is 0.832. The molecule has 0 spiro atoms. The molecule has 2 aromatic heterocycles. The van der Waals surface area contributed by atoms with E-state index in [1.165, 1.54) is 16.0 Å². The molecule has 8 heteroatoms. The highest BCUT2D eigenvalue weighted by molar-refractivity contribution is 7.11. The number of hydrogen-bond acceptors (Lipinski definition) is 6. The number of rotatable bonds is 3. The minimum absolute atomic E-state index is 0.235. The Bertz CT molecular complexity index is 835. The van der Waals surface area contributed by atoms with Gasteiger partial charge in [-0.25, -0.2) is 9.67 Å². The maximum absolute atomic E-state index is 12.0. The van der Waals surface area contributed by atoms with Crippen LogP contribution in [0.1, 0.15) is 22.0 Å². The highest BCUT2D eigenvalue weighted by Crippen LogP contribution is 2.37. The van der Waals surface area contributed by atoms with Gasteiger partial charge < -0.3 is 4.90 Å². The zero-order valence-electron chi connectivity index (χ0n) is 14.0. The van der Waals surface area contributed by atoms with E-state index in [1.54, 1.807) is 24.6 Å². The molecular formula is C16H20ClN5OS. The first-order valence-electron chi connectivity index (χ1n) is 8.09. The van der Waals surface area contributed by atoms with Gasteiger partial charge in [-0.15, -0.1) is 11.3 Å². The number of hydrogen-bond donors (Lipinski definition) is 0. The highest BCUT2D eigenvalue weighted by Gasteiger charge is 2.45. The summed E-state index contributed by atoms with van der Waals surface area (Å²) in [6.07, 6.45) is 2.92. The normalized spacial score (nSPS) is 23.4. The van der Waals surface area contributed by atoms with Crippen molar-refractivity contribution in [3.05, 3.63) is 37.2 Å². The molecule has 2 atom stereocenters. The molecule has 24 heavy (non-hydrogen) atoms. The van der Waals surface area contributed by atoms with Crippen molar-refractivity contribution in [1.29, 1.82) is 0 Å². The van der Waals surface area contributed by atoms with E-state index in [-0.39, 0.29) is 10.6 Å². The molecule has 0 N–H and O–H groups in total. The second kappa shape index (κ2) is 5.82. The standard InChI is InChI=1S/C16H20ClN5OS/c1-9-14(24-10(2)19-9)8-22-11-4-12(22)7-21(6-11)13-5-18-20(3)16(23)15(13)17/h5,11-12H,4,6-8H2,1-3H3. The van der Waals surface area contributed by atoms with Gasteiger partial charge in [-0.2, -0.15) is 5.10 Å². The van der Waals surface area contributed by atoms with Crippen LogP contribution in [0.15, 0.2) is 11.0 Å². The number of piperazine rings is 1. The van der Waals surface area contributed by atoms with E-state index >= 15 is 0 Å². The lowest BCUT2D eigenvalue weighted by Gasteiger charge is -2.57. The second-order valence-corrected chi connectivity index (χ2v) is 8.30. The van der Waals surface area contributed by atoms with E-state index in [0.29, 0.717) is 12.1 Å². The molecular weight excluding hydrogens is 346 g/mol. The summed E-state index contributed by atoms with van der Waals surface area (Å²) in [6, 6.07) is 1.01. The van der Waals surface area contributed by atoms with Gasteiger partial charge in [0.25, 0.3) is 5.56 Å². The summed E-state index contributed by atoms with van der Waals surface area (Å²) in [5.74, 6) is 0. The lowest BCUT2D eigenvalue weighted by atomic mass is 9.87. The van der Waals surface area contributed by atoms with Crippen LogP contribution in [-0.4, -0.2) is 44.8 Å². The van der Waals surface area contributed by atoms with E-state index in [1.807, 2.05) is 0 Å². The molecule has 3 fully saturated rings. The first-order chi connectivity index (χ1) is 11.4. The van der Waals surface area contributed by atoms with Crippen molar-refractivity contribution in [2.45, 2.75) is 38.9 Å². The molecule has 0 aliphatic carbocycles. The molecule has 0 radical (unpaired) electrons. The summed E-state index contributed by atoms with van der Waals surface area (Å²) in [5, 5.41) is 5.52. The van der Waals surface area contributed by atoms with Crippen LogP contribution in [0.5, 0.6) is 0 Å². The van der Waals surface area contributed by atoms with Gasteiger partial charge in [-0.3, -0.25) is 9.69 Å². The average molecular weight is 366 g/mol. The third kappa shape index (κ3) is 2.55. The fourth-order valence-electron chi connectivity index (χ4n) is 3.75. The van der Waals surface area contributed by atoms with Crippen LogP contribution in [0.4, 0.5) is 5.69 Å². The smallest absolute Gasteiger partial charge is 0.287 e. The van der Waals surface area contributed by atoms with Gasteiger partial charge in [0.05, 0.1) is 22.6 Å². The summed E-state index contributed by atoms with van der Waals surface area (Å²) < 4.78 is 1.28. The number of fused-ring (bicyclic) bond motifs is 2. The molecule has 2 aromatic rings. The number of halogens is 1. The van der Waals surface area contributed by atoms with Gasteiger partial charge in [0.15, 0.2) is 0 Å². The molecule has 0 amide bonds. The Morgan fingerprint density at radius 1 is 1.33 bits per heavy atom. The van der Waals surface area contributed by atoms with Gasteiger partial charge in [0.1, 0.15) is 5.02 Å². The van der Waals surface area contributed by atoms with Crippen molar-refractivity contribution >= 4 is 28.6 Å². The van der Waals surface area contributed by atoms with Crippen LogP contribution >= 0.6 is 22.9 Å². The first kappa shape index (κ1) is 16.1. The Labute approximate surface area is 149 Å². The molecule has 5 rings (SSSR count). The molecule has 3 aliphatic rings. The number of aryl methyl sites for hydroxylation is 3. The van der Waals surface area contributed by atoms with Crippen LogP contribution in [0, 0.1) is 13.8 Å². The number of thiazole rings is 1. The largest absolute Gasteiger partial charge is 0.366 e. The van der Waals surface area contributed by atoms with Crippen molar-refractivity contribution in [2.24, 2.45) is 7.05 Å². The van der Waals surface area contributed by atoms with Crippen molar-refractivity contribution < 1.29 is 0 Å². The van der Waals surface area contributed by atoms with E-state index in [0.717, 1.165) is 36.0 Å². The van der Waals surface area contributed by atoms with Crippen LogP contribution in [0.3, 0.4) is 0 Å². The van der Waals surface area contributed by atoms with Crippen LogP contribution in [0.25, 0.3) is 0 Å². The van der Waals surface area contributed by atoms with E-state index in [9.17, 15) is 4.79 Å². The summed E-state index contributed by atoms with van der Waals surface area (Å²) in [6.45, 7) is 6.91. The number of anilines is 1. The van der Waals surface area contributed by atoms with Crippen molar-refractivity contribution in [1.82, 2.24) is 19.7 Å². The Kier molecular flexibility index (Phi) is 3.89. The minimum Gasteiger partial charge on any atom is -0.366 e. The predicted octanol–water partition coefficient (Wildman–Crippen LogP) is 1.97. The molecule has 3 aliphatic heterocycles. The van der Waals surface area contributed by atoms with Crippen molar-refractivity contribution in [3.63, 3.8) is 0 Å². The van der Waals surface area contributed by atoms with Gasteiger partial charge in [-0.1, -0.05) is 11.6 Å². The van der Waals surface area contributed by atoms with Crippen LogP contribution < -0.4 is 10.5 Å². The second-order valence-electron chi connectivity index (χ2n) is 6.63. The molecule has 6 nitrogen and oxygen atoms in total. The van der Waals surface area contributed by atoms with Crippen LogP contribution in [-0.2, 0) is 13.6 Å². The predicted molar refractivity (Wildman–Crippen MR) is 96.0 cm³/mol. The molecule has 0 aromatic carbocycles. The molecule has 128 valence electrons.